The maximum Gasteiger partial charge on any atom is 0.349 e. The van der Waals surface area contributed by atoms with E-state index in [9.17, 15) is 14.9 Å². The van der Waals surface area contributed by atoms with Gasteiger partial charge in [0.2, 0.25) is 0 Å². The first kappa shape index (κ1) is 20.9. The molecule has 2 atom stereocenters. The van der Waals surface area contributed by atoms with Crippen LogP contribution >= 0.6 is 0 Å². The molecule has 0 aromatic heterocycles. The molecule has 1 saturated carbocycles. The highest BCUT2D eigenvalue weighted by Gasteiger charge is 2.35. The number of esters is 1. The summed E-state index contributed by atoms with van der Waals surface area (Å²) >= 11 is 0. The fourth-order valence-electron chi connectivity index (χ4n) is 4.35. The molecule has 1 aliphatic carbocycles. The van der Waals surface area contributed by atoms with Gasteiger partial charge in [0.25, 0.3) is 5.91 Å². The fraction of sp³-hybridized carbons (Fsp3) is 0.522. The van der Waals surface area contributed by atoms with Gasteiger partial charge >= 0.3 is 5.97 Å². The summed E-state index contributed by atoms with van der Waals surface area (Å²) in [6.07, 6.45) is 8.23. The van der Waals surface area contributed by atoms with Crippen molar-refractivity contribution >= 4 is 18.0 Å². The minimum Gasteiger partial charge on any atom is -0.494 e. The van der Waals surface area contributed by atoms with Gasteiger partial charge in [-0.2, -0.15) is 5.26 Å². The predicted molar refractivity (Wildman–Crippen MR) is 109 cm³/mol. The minimum atomic E-state index is -0.771. The van der Waals surface area contributed by atoms with E-state index in [-0.39, 0.29) is 24.1 Å². The van der Waals surface area contributed by atoms with Crippen molar-refractivity contribution in [3.8, 4) is 11.8 Å². The van der Waals surface area contributed by atoms with Gasteiger partial charge in [-0.1, -0.05) is 25.0 Å². The molecule has 0 bridgehead atoms. The second kappa shape index (κ2) is 10.1. The van der Waals surface area contributed by atoms with Crippen molar-refractivity contribution in [3.05, 3.63) is 35.4 Å². The van der Waals surface area contributed by atoms with Crippen LogP contribution in [0.5, 0.6) is 5.75 Å². The Labute approximate surface area is 172 Å². The number of carbonyl (C=O) groups is 2. The third-order valence-electron chi connectivity index (χ3n) is 5.73. The summed E-state index contributed by atoms with van der Waals surface area (Å²) in [4.78, 5) is 26.9. The van der Waals surface area contributed by atoms with E-state index in [4.69, 9.17) is 9.47 Å². The van der Waals surface area contributed by atoms with Crippen molar-refractivity contribution in [2.24, 2.45) is 5.92 Å². The number of nitriles is 1. The topological polar surface area (TPSA) is 79.6 Å². The van der Waals surface area contributed by atoms with E-state index in [1.807, 2.05) is 17.9 Å². The Kier molecular flexibility index (Phi) is 7.29. The van der Waals surface area contributed by atoms with Crippen molar-refractivity contribution in [2.75, 3.05) is 19.8 Å². The number of amides is 1. The first-order valence-corrected chi connectivity index (χ1v) is 10.4. The average molecular weight is 396 g/mol. The number of likely N-dealkylation sites (tertiary alicyclic amines) is 1. The lowest BCUT2D eigenvalue weighted by Gasteiger charge is -2.44. The van der Waals surface area contributed by atoms with Gasteiger partial charge in [-0.3, -0.25) is 4.79 Å². The van der Waals surface area contributed by atoms with Crippen molar-refractivity contribution in [3.63, 3.8) is 0 Å². The van der Waals surface area contributed by atoms with E-state index < -0.39 is 5.97 Å². The highest BCUT2D eigenvalue weighted by Crippen LogP contribution is 2.35. The summed E-state index contributed by atoms with van der Waals surface area (Å²) in [6.45, 7) is 2.88. The Morgan fingerprint density at radius 2 is 1.90 bits per heavy atom. The quantitative estimate of drug-likeness (QED) is 0.416. The number of benzene rings is 1. The molecule has 0 spiro atoms. The molecular formula is C23H28N2O4. The van der Waals surface area contributed by atoms with Crippen LogP contribution in [0.2, 0.25) is 0 Å². The van der Waals surface area contributed by atoms with Gasteiger partial charge in [0, 0.05) is 12.6 Å². The van der Waals surface area contributed by atoms with Gasteiger partial charge in [0.15, 0.2) is 6.61 Å². The third-order valence-corrected chi connectivity index (χ3v) is 5.73. The van der Waals surface area contributed by atoms with Crippen LogP contribution in [0.3, 0.4) is 0 Å². The SMILES string of the molecule is CCOc1ccc(/C=C(\C#N)C(=O)OCC(=O)N2CCC[C@@H]3CCCC[C@H]32)cc1. The van der Waals surface area contributed by atoms with Gasteiger partial charge in [0.1, 0.15) is 17.4 Å². The third kappa shape index (κ3) is 5.38. The number of rotatable bonds is 6. The predicted octanol–water partition coefficient (Wildman–Crippen LogP) is 3.72. The van der Waals surface area contributed by atoms with Crippen molar-refractivity contribution in [1.29, 1.82) is 5.26 Å². The molecule has 0 N–H and O–H groups in total. The monoisotopic (exact) mass is 396 g/mol. The van der Waals surface area contributed by atoms with E-state index in [0.29, 0.717) is 18.1 Å². The van der Waals surface area contributed by atoms with Crippen LogP contribution in [0.1, 0.15) is 51.0 Å². The molecule has 6 nitrogen and oxygen atoms in total. The lowest BCUT2D eigenvalue weighted by atomic mass is 9.78. The summed E-state index contributed by atoms with van der Waals surface area (Å²) in [5.41, 5.74) is 0.561. The molecule has 3 rings (SSSR count). The molecule has 1 aromatic carbocycles. The molecule has 1 heterocycles. The Balaban J connectivity index is 1.58. The summed E-state index contributed by atoms with van der Waals surface area (Å²) in [7, 11) is 0. The number of fused-ring (bicyclic) bond motifs is 1. The van der Waals surface area contributed by atoms with Gasteiger partial charge in [0.05, 0.1) is 6.61 Å². The maximum absolute atomic E-state index is 12.7. The molecule has 1 aromatic rings. The Bertz CT molecular complexity index is 792. The van der Waals surface area contributed by atoms with E-state index in [2.05, 4.69) is 0 Å². The van der Waals surface area contributed by atoms with Crippen molar-refractivity contribution in [1.82, 2.24) is 4.90 Å². The molecule has 0 unspecified atom stereocenters. The molecular weight excluding hydrogens is 368 g/mol. The lowest BCUT2D eigenvalue weighted by molar-refractivity contribution is -0.152. The molecule has 154 valence electrons. The first-order chi connectivity index (χ1) is 14.1. The van der Waals surface area contributed by atoms with Crippen LogP contribution in [-0.4, -0.2) is 42.6 Å². The molecule has 2 aliphatic rings. The van der Waals surface area contributed by atoms with E-state index >= 15 is 0 Å². The summed E-state index contributed by atoms with van der Waals surface area (Å²) in [5.74, 6) is 0.366. The van der Waals surface area contributed by atoms with Gasteiger partial charge in [-0.15, -0.1) is 0 Å². The first-order valence-electron chi connectivity index (χ1n) is 10.4. The van der Waals surface area contributed by atoms with Crippen molar-refractivity contribution < 1.29 is 19.1 Å². The zero-order valence-electron chi connectivity index (χ0n) is 16.9. The van der Waals surface area contributed by atoms with Crippen LogP contribution in [0.4, 0.5) is 0 Å². The van der Waals surface area contributed by atoms with E-state index in [0.717, 1.165) is 31.6 Å². The summed E-state index contributed by atoms with van der Waals surface area (Å²) in [6, 6.07) is 9.22. The number of piperidine rings is 1. The Morgan fingerprint density at radius 1 is 1.17 bits per heavy atom. The van der Waals surface area contributed by atoms with Crippen LogP contribution < -0.4 is 4.74 Å². The summed E-state index contributed by atoms with van der Waals surface area (Å²) in [5, 5.41) is 9.33. The highest BCUT2D eigenvalue weighted by molar-refractivity contribution is 5.98. The number of carbonyl (C=O) groups excluding carboxylic acids is 2. The molecule has 1 amide bonds. The standard InChI is InChI=1S/C23H28N2O4/c1-2-28-20-11-9-17(10-12-20)14-19(15-24)23(27)29-16-22(26)25-13-5-7-18-6-3-4-8-21(18)25/h9-12,14,18,21H,2-8,13,16H2,1H3/b19-14+/t18-,21+/m0/s1. The highest BCUT2D eigenvalue weighted by atomic mass is 16.5. The van der Waals surface area contributed by atoms with Gasteiger partial charge in [-0.25, -0.2) is 4.79 Å². The molecule has 6 heteroatoms. The van der Waals surface area contributed by atoms with Crippen molar-refractivity contribution in [2.45, 2.75) is 51.5 Å². The van der Waals surface area contributed by atoms with Crippen LogP contribution in [0.15, 0.2) is 29.8 Å². The number of hydrogen-bond acceptors (Lipinski definition) is 5. The van der Waals surface area contributed by atoms with Gasteiger partial charge < -0.3 is 14.4 Å². The Morgan fingerprint density at radius 3 is 2.62 bits per heavy atom. The Hall–Kier alpha value is -2.81. The molecule has 1 aliphatic heterocycles. The van der Waals surface area contributed by atoms with E-state index in [1.54, 1.807) is 24.3 Å². The summed E-state index contributed by atoms with van der Waals surface area (Å²) < 4.78 is 10.6. The second-order valence-electron chi connectivity index (χ2n) is 7.59. The lowest BCUT2D eigenvalue weighted by Crippen LogP contribution is -2.50. The zero-order valence-corrected chi connectivity index (χ0v) is 16.9. The maximum atomic E-state index is 12.7. The van der Waals surface area contributed by atoms with Crippen LogP contribution in [-0.2, 0) is 14.3 Å². The smallest absolute Gasteiger partial charge is 0.349 e. The average Bonchev–Trinajstić information content (AvgIpc) is 2.76. The molecule has 29 heavy (non-hydrogen) atoms. The van der Waals surface area contributed by atoms with Crippen LogP contribution in [0, 0.1) is 17.2 Å². The minimum absolute atomic E-state index is 0.129. The fourth-order valence-corrected chi connectivity index (χ4v) is 4.35. The molecule has 0 radical (unpaired) electrons. The molecule has 1 saturated heterocycles. The largest absolute Gasteiger partial charge is 0.494 e. The zero-order chi connectivity index (χ0) is 20.6. The van der Waals surface area contributed by atoms with E-state index in [1.165, 1.54) is 25.3 Å². The van der Waals surface area contributed by atoms with Crippen LogP contribution in [0.25, 0.3) is 6.08 Å². The number of hydrogen-bond donors (Lipinski definition) is 0. The number of nitrogens with zero attached hydrogens (tertiary/aromatic N) is 2. The number of ether oxygens (including phenoxy) is 2. The van der Waals surface area contributed by atoms with Gasteiger partial charge in [-0.05, 0) is 62.3 Å². The molecule has 2 fully saturated rings. The normalized spacial score (nSPS) is 21.7. The second-order valence-corrected chi connectivity index (χ2v) is 7.59.